The normalized spacial score (nSPS) is 11.9. The molecule has 0 saturated carbocycles. The van der Waals surface area contributed by atoms with E-state index < -0.39 is 0 Å². The molecule has 5 aromatic heterocycles. The summed E-state index contributed by atoms with van der Waals surface area (Å²) >= 11 is 0. The van der Waals surface area contributed by atoms with Crippen LogP contribution in [-0.2, 0) is 0 Å². The highest BCUT2D eigenvalue weighted by Crippen LogP contribution is 2.54. The van der Waals surface area contributed by atoms with E-state index in [4.69, 9.17) is 15.0 Å². The Labute approximate surface area is 471 Å². The smallest absolute Gasteiger partial charge is 0.164 e. The van der Waals surface area contributed by atoms with Gasteiger partial charge in [-0.05, 0) is 60.2 Å². The Morgan fingerprint density at radius 1 is 0.220 bits per heavy atom. The van der Waals surface area contributed by atoms with E-state index in [1.165, 1.54) is 21.5 Å². The monoisotopic (exact) mass is 1050 g/mol. The fraction of sp³-hybridized carbons (Fsp3) is 0. The molecule has 0 aliphatic heterocycles. The molecule has 0 N–H and O–H groups in total. The van der Waals surface area contributed by atoms with Gasteiger partial charge in [-0.3, -0.25) is 0 Å². The number of aromatic nitrogens is 7. The van der Waals surface area contributed by atoms with E-state index in [0.29, 0.717) is 17.5 Å². The van der Waals surface area contributed by atoms with E-state index in [-0.39, 0.29) is 0 Å². The third kappa shape index (κ3) is 6.74. The van der Waals surface area contributed by atoms with E-state index in [1.54, 1.807) is 0 Å². The highest BCUT2D eigenvalue weighted by atomic mass is 15.1. The molecule has 0 aliphatic carbocycles. The fourth-order valence-corrected chi connectivity index (χ4v) is 13.2. The Balaban J connectivity index is 1.19. The van der Waals surface area contributed by atoms with Crippen LogP contribution in [0.2, 0.25) is 0 Å². The van der Waals surface area contributed by atoms with Crippen LogP contribution in [0.25, 0.3) is 155 Å². The first-order valence-electron chi connectivity index (χ1n) is 27.9. The van der Waals surface area contributed by atoms with Crippen molar-refractivity contribution in [3.05, 3.63) is 285 Å². The Hall–Kier alpha value is -11.2. The maximum atomic E-state index is 5.52. The number of fused-ring (bicyclic) bond motifs is 12. The molecular weight excluding hydrogens is 999 g/mol. The summed E-state index contributed by atoms with van der Waals surface area (Å²) in [6.07, 6.45) is 0. The first-order valence-corrected chi connectivity index (χ1v) is 27.9. The van der Waals surface area contributed by atoms with Crippen molar-refractivity contribution in [2.24, 2.45) is 0 Å². The number of para-hydroxylation sites is 8. The average Bonchev–Trinajstić information content (AvgIpc) is 1.67. The second-order valence-corrected chi connectivity index (χ2v) is 21.0. The lowest BCUT2D eigenvalue weighted by atomic mass is 9.92. The largest absolute Gasteiger partial charge is 0.308 e. The highest BCUT2D eigenvalue weighted by Gasteiger charge is 2.35. The minimum absolute atomic E-state index is 0.567. The molecule has 0 spiro atoms. The van der Waals surface area contributed by atoms with E-state index in [1.807, 2.05) is 36.4 Å². The van der Waals surface area contributed by atoms with Crippen LogP contribution in [0.4, 0.5) is 0 Å². The first kappa shape index (κ1) is 45.8. The standard InChI is InChI=1S/C75H47N7/c1-4-26-48(27-5-1)73-76-74(49-28-6-2-7-29-49)78-75(77-73)58-39-11-10-38-57(58)67-69-68(59-40-18-25-47-66(59)79(69)50-30-8-3-9-31-50)71(81-62-43-21-14-34-53(62)54-35-15-22-44-63(54)81)72(82-64-45-23-16-36-55(64)56-37-17-24-46-65(56)82)70(67)80-60-41-19-12-32-51(60)52-33-13-20-42-61(52)80/h1-47H. The van der Waals surface area contributed by atoms with Gasteiger partial charge in [-0.15, -0.1) is 0 Å². The molecule has 0 saturated heterocycles. The number of nitrogens with zero attached hydrogens (tertiary/aromatic N) is 7. The van der Waals surface area contributed by atoms with Crippen LogP contribution in [0.15, 0.2) is 285 Å². The van der Waals surface area contributed by atoms with Crippen molar-refractivity contribution in [3.63, 3.8) is 0 Å². The molecule has 0 bridgehead atoms. The lowest BCUT2D eigenvalue weighted by Crippen LogP contribution is -2.13. The van der Waals surface area contributed by atoms with Gasteiger partial charge in [-0.2, -0.15) is 0 Å². The minimum Gasteiger partial charge on any atom is -0.308 e. The molecule has 5 heterocycles. The molecule has 0 unspecified atom stereocenters. The molecule has 7 heteroatoms. The Kier molecular flexibility index (Phi) is 10.2. The lowest BCUT2D eigenvalue weighted by molar-refractivity contribution is 1.06. The van der Waals surface area contributed by atoms with E-state index >= 15 is 0 Å². The van der Waals surface area contributed by atoms with Crippen molar-refractivity contribution in [2.75, 3.05) is 0 Å². The summed E-state index contributed by atoms with van der Waals surface area (Å²) in [7, 11) is 0. The summed E-state index contributed by atoms with van der Waals surface area (Å²) in [5.41, 5.74) is 17.5. The van der Waals surface area contributed by atoms with Crippen molar-refractivity contribution in [2.45, 2.75) is 0 Å². The second kappa shape index (κ2) is 18.2. The van der Waals surface area contributed by atoms with Gasteiger partial charge in [0.1, 0.15) is 0 Å². The Morgan fingerprint density at radius 3 is 0.951 bits per heavy atom. The molecule has 0 aliphatic rings. The highest BCUT2D eigenvalue weighted by molar-refractivity contribution is 6.25. The van der Waals surface area contributed by atoms with Crippen molar-refractivity contribution >= 4 is 87.2 Å². The molecule has 17 rings (SSSR count). The van der Waals surface area contributed by atoms with E-state index in [9.17, 15) is 0 Å². The summed E-state index contributed by atoms with van der Waals surface area (Å²) in [6, 6.07) is 103. The SMILES string of the molecule is c1ccc(-c2nc(-c3ccccc3)nc(-c3ccccc3-c3c(-n4c5ccccc5c5ccccc54)c(-n4c5ccccc5c5ccccc54)c(-n4c5ccccc5c5ccccc54)c4c5ccccc5n(-c5ccccc5)c34)n2)cc1. The first-order chi connectivity index (χ1) is 40.8. The number of rotatable bonds is 8. The van der Waals surface area contributed by atoms with Crippen LogP contribution in [0, 0.1) is 0 Å². The van der Waals surface area contributed by atoms with Crippen LogP contribution in [0.5, 0.6) is 0 Å². The van der Waals surface area contributed by atoms with E-state index in [2.05, 4.69) is 267 Å². The van der Waals surface area contributed by atoms with Gasteiger partial charge in [0.2, 0.25) is 0 Å². The Bertz CT molecular complexity index is 5180. The summed E-state index contributed by atoms with van der Waals surface area (Å²) in [6.45, 7) is 0. The zero-order valence-corrected chi connectivity index (χ0v) is 44.3. The Morgan fingerprint density at radius 2 is 0.524 bits per heavy atom. The second-order valence-electron chi connectivity index (χ2n) is 21.0. The van der Waals surface area contributed by atoms with Gasteiger partial charge in [0, 0.05) is 71.0 Å². The average molecular weight is 1050 g/mol. The van der Waals surface area contributed by atoms with Crippen LogP contribution in [0.1, 0.15) is 0 Å². The molecule has 7 nitrogen and oxygen atoms in total. The quantitative estimate of drug-likeness (QED) is 0.152. The van der Waals surface area contributed by atoms with E-state index in [0.717, 1.165) is 116 Å². The molecule has 82 heavy (non-hydrogen) atoms. The third-order valence-electron chi connectivity index (χ3n) is 16.6. The number of hydrogen-bond donors (Lipinski definition) is 0. The van der Waals surface area contributed by atoms with Crippen LogP contribution in [-0.4, -0.2) is 33.2 Å². The maximum absolute atomic E-state index is 5.52. The topological polar surface area (TPSA) is 58.4 Å². The molecule has 0 radical (unpaired) electrons. The third-order valence-corrected chi connectivity index (χ3v) is 16.6. The van der Waals surface area contributed by atoms with Crippen LogP contribution < -0.4 is 0 Å². The fourth-order valence-electron chi connectivity index (χ4n) is 13.2. The zero-order chi connectivity index (χ0) is 53.8. The molecule has 0 amide bonds. The molecule has 0 fully saturated rings. The lowest BCUT2D eigenvalue weighted by Gasteiger charge is -2.28. The summed E-state index contributed by atoms with van der Waals surface area (Å²) < 4.78 is 10.2. The van der Waals surface area contributed by atoms with Gasteiger partial charge in [0.15, 0.2) is 17.5 Å². The number of benzene rings is 12. The van der Waals surface area contributed by atoms with Crippen molar-refractivity contribution in [1.82, 2.24) is 33.2 Å². The summed E-state index contributed by atoms with van der Waals surface area (Å²) in [5.74, 6) is 1.76. The van der Waals surface area contributed by atoms with Crippen molar-refractivity contribution in [1.29, 1.82) is 0 Å². The minimum atomic E-state index is 0.567. The molecule has 382 valence electrons. The number of hydrogen-bond acceptors (Lipinski definition) is 3. The molecule has 17 aromatic rings. The van der Waals surface area contributed by atoms with Gasteiger partial charge in [-0.1, -0.05) is 231 Å². The summed E-state index contributed by atoms with van der Waals surface area (Å²) in [4.78, 5) is 16.3. The molecule has 12 aromatic carbocycles. The molecule has 0 atom stereocenters. The zero-order valence-electron chi connectivity index (χ0n) is 44.3. The van der Waals surface area contributed by atoms with Crippen LogP contribution in [0.3, 0.4) is 0 Å². The molecular formula is C75H47N7. The summed E-state index contributed by atoms with van der Waals surface area (Å²) in [5, 5.41) is 9.22. The van der Waals surface area contributed by atoms with Gasteiger partial charge in [-0.25, -0.2) is 15.0 Å². The van der Waals surface area contributed by atoms with Crippen molar-refractivity contribution < 1.29 is 0 Å². The van der Waals surface area contributed by atoms with Gasteiger partial charge >= 0.3 is 0 Å². The van der Waals surface area contributed by atoms with Gasteiger partial charge in [0.25, 0.3) is 0 Å². The van der Waals surface area contributed by atoms with Crippen molar-refractivity contribution in [3.8, 4) is 68.0 Å². The maximum Gasteiger partial charge on any atom is 0.164 e. The van der Waals surface area contributed by atoms with Gasteiger partial charge in [0.05, 0.1) is 61.2 Å². The predicted octanol–water partition coefficient (Wildman–Crippen LogP) is 18.9. The van der Waals surface area contributed by atoms with Gasteiger partial charge < -0.3 is 18.3 Å². The van der Waals surface area contributed by atoms with Crippen LogP contribution >= 0.6 is 0 Å². The predicted molar refractivity (Wildman–Crippen MR) is 339 cm³/mol.